The number of nitrogens with two attached hydrogens (primary N) is 2. The van der Waals surface area contributed by atoms with E-state index in [4.69, 9.17) is 11.5 Å². The molecule has 3 nitrogen and oxygen atoms in total. The first-order valence-corrected chi connectivity index (χ1v) is 7.18. The highest BCUT2D eigenvalue weighted by Crippen LogP contribution is 2.21. The van der Waals surface area contributed by atoms with E-state index in [2.05, 4.69) is 31.2 Å². The monoisotopic (exact) mass is 266 g/mol. The van der Waals surface area contributed by atoms with Crippen molar-refractivity contribution in [1.82, 2.24) is 0 Å². The predicted molar refractivity (Wildman–Crippen MR) is 77.5 cm³/mol. The van der Waals surface area contributed by atoms with Crippen LogP contribution < -0.4 is 11.5 Å². The Bertz CT molecular complexity index is 405. The van der Waals surface area contributed by atoms with Gasteiger partial charge < -0.3 is 11.5 Å². The van der Waals surface area contributed by atoms with E-state index in [-0.39, 0.29) is 0 Å². The molecular weight excluding hydrogens is 244 g/mol. The highest BCUT2D eigenvalue weighted by Gasteiger charge is 2.24. The summed E-state index contributed by atoms with van der Waals surface area (Å²) in [4.78, 5) is 12.3. The van der Waals surface area contributed by atoms with Crippen molar-refractivity contribution in [3.05, 3.63) is 29.8 Å². The molecule has 0 saturated heterocycles. The Morgan fingerprint density at radius 3 is 2.72 bits per heavy atom. The maximum absolute atomic E-state index is 11.0. The van der Waals surface area contributed by atoms with Gasteiger partial charge in [0.15, 0.2) is 0 Å². The molecule has 1 atom stereocenters. The zero-order valence-corrected chi connectivity index (χ0v) is 11.9. The van der Waals surface area contributed by atoms with E-state index in [0.29, 0.717) is 6.42 Å². The summed E-state index contributed by atoms with van der Waals surface area (Å²) in [6.07, 6.45) is 2.62. The Labute approximate surface area is 113 Å². The van der Waals surface area contributed by atoms with Gasteiger partial charge in [0.1, 0.15) is 0 Å². The van der Waals surface area contributed by atoms with Crippen LogP contribution in [0, 0.1) is 6.92 Å². The third-order valence-electron chi connectivity index (χ3n) is 2.91. The largest absolute Gasteiger partial charge is 0.368 e. The van der Waals surface area contributed by atoms with Gasteiger partial charge in [0.2, 0.25) is 5.91 Å². The van der Waals surface area contributed by atoms with Crippen molar-refractivity contribution in [1.29, 1.82) is 0 Å². The first-order chi connectivity index (χ1) is 8.42. The number of rotatable bonds is 7. The SMILES string of the molecule is Cc1cccc(SCCCCC(C)(N)C(N)=O)c1. The van der Waals surface area contributed by atoms with Crippen LogP contribution >= 0.6 is 11.8 Å². The highest BCUT2D eigenvalue weighted by atomic mass is 32.2. The van der Waals surface area contributed by atoms with Gasteiger partial charge in [-0.3, -0.25) is 4.79 Å². The number of thioether (sulfide) groups is 1. The van der Waals surface area contributed by atoms with Gasteiger partial charge >= 0.3 is 0 Å². The molecule has 0 aliphatic carbocycles. The quantitative estimate of drug-likeness (QED) is 0.588. The lowest BCUT2D eigenvalue weighted by atomic mass is 9.96. The number of hydrogen-bond acceptors (Lipinski definition) is 3. The van der Waals surface area contributed by atoms with E-state index in [1.807, 2.05) is 11.8 Å². The molecule has 0 aromatic heterocycles. The summed E-state index contributed by atoms with van der Waals surface area (Å²) in [5.41, 5.74) is 11.4. The highest BCUT2D eigenvalue weighted by molar-refractivity contribution is 7.99. The molecule has 18 heavy (non-hydrogen) atoms. The van der Waals surface area contributed by atoms with E-state index in [1.165, 1.54) is 10.5 Å². The molecule has 1 rings (SSSR count). The number of carbonyl (C=O) groups excluding carboxylic acids is 1. The lowest BCUT2D eigenvalue weighted by molar-refractivity contribution is -0.122. The second kappa shape index (κ2) is 6.81. The van der Waals surface area contributed by atoms with Crippen molar-refractivity contribution in [3.63, 3.8) is 0 Å². The maximum Gasteiger partial charge on any atom is 0.237 e. The lowest BCUT2D eigenvalue weighted by Crippen LogP contribution is -2.49. The number of hydrogen-bond donors (Lipinski definition) is 2. The van der Waals surface area contributed by atoms with Crippen molar-refractivity contribution in [2.75, 3.05) is 5.75 Å². The molecule has 4 heteroatoms. The van der Waals surface area contributed by atoms with Crippen LogP contribution in [-0.4, -0.2) is 17.2 Å². The normalized spacial score (nSPS) is 14.2. The molecular formula is C14H22N2OS. The summed E-state index contributed by atoms with van der Waals surface area (Å²) >= 11 is 1.84. The van der Waals surface area contributed by atoms with Crippen LogP contribution in [0.5, 0.6) is 0 Å². The molecule has 1 aromatic rings. The zero-order valence-electron chi connectivity index (χ0n) is 11.1. The van der Waals surface area contributed by atoms with Crippen LogP contribution in [0.1, 0.15) is 31.7 Å². The van der Waals surface area contributed by atoms with Crippen LogP contribution in [0.4, 0.5) is 0 Å². The molecule has 100 valence electrons. The van der Waals surface area contributed by atoms with Crippen LogP contribution in [0.15, 0.2) is 29.2 Å². The minimum Gasteiger partial charge on any atom is -0.368 e. The third-order valence-corrected chi connectivity index (χ3v) is 3.99. The van der Waals surface area contributed by atoms with E-state index in [9.17, 15) is 4.79 Å². The molecule has 1 amide bonds. The minimum atomic E-state index is -0.867. The number of aryl methyl sites for hydroxylation is 1. The number of unbranched alkanes of at least 4 members (excludes halogenated alkanes) is 1. The predicted octanol–water partition coefficient (Wildman–Crippen LogP) is 2.46. The van der Waals surface area contributed by atoms with Gasteiger partial charge in [-0.2, -0.15) is 0 Å². The summed E-state index contributed by atoms with van der Waals surface area (Å²) in [6.45, 7) is 3.79. The summed E-state index contributed by atoms with van der Waals surface area (Å²) in [6, 6.07) is 8.47. The minimum absolute atomic E-state index is 0.422. The van der Waals surface area contributed by atoms with Crippen molar-refractivity contribution in [3.8, 4) is 0 Å². The number of amides is 1. The molecule has 0 radical (unpaired) electrons. The third kappa shape index (κ3) is 5.10. The molecule has 4 N–H and O–H groups in total. The van der Waals surface area contributed by atoms with Crippen LogP contribution in [0.3, 0.4) is 0 Å². The smallest absolute Gasteiger partial charge is 0.237 e. The molecule has 0 aliphatic rings. The van der Waals surface area contributed by atoms with Gasteiger partial charge in [0.05, 0.1) is 5.54 Å². The van der Waals surface area contributed by atoms with Gasteiger partial charge in [-0.05, 0) is 44.6 Å². The van der Waals surface area contributed by atoms with Crippen LogP contribution in [0.2, 0.25) is 0 Å². The van der Waals surface area contributed by atoms with Crippen molar-refractivity contribution in [2.24, 2.45) is 11.5 Å². The van der Waals surface area contributed by atoms with Crippen LogP contribution in [-0.2, 0) is 4.79 Å². The van der Waals surface area contributed by atoms with E-state index >= 15 is 0 Å². The van der Waals surface area contributed by atoms with Gasteiger partial charge in [-0.25, -0.2) is 0 Å². The summed E-state index contributed by atoms with van der Waals surface area (Å²) in [7, 11) is 0. The van der Waals surface area contributed by atoms with Crippen molar-refractivity contribution < 1.29 is 4.79 Å². The number of benzene rings is 1. The Hall–Kier alpha value is -1.00. The fourth-order valence-electron chi connectivity index (χ4n) is 1.61. The molecule has 0 bridgehead atoms. The fraction of sp³-hybridized carbons (Fsp3) is 0.500. The van der Waals surface area contributed by atoms with Crippen molar-refractivity contribution in [2.45, 2.75) is 43.5 Å². The zero-order chi connectivity index (χ0) is 13.6. The summed E-state index contributed by atoms with van der Waals surface area (Å²) < 4.78 is 0. The molecule has 1 aromatic carbocycles. The first kappa shape index (κ1) is 15.1. The Balaban J connectivity index is 2.22. The topological polar surface area (TPSA) is 69.1 Å². The molecule has 0 fully saturated rings. The molecule has 0 saturated carbocycles. The van der Waals surface area contributed by atoms with Gasteiger partial charge in [0, 0.05) is 4.90 Å². The lowest BCUT2D eigenvalue weighted by Gasteiger charge is -2.19. The van der Waals surface area contributed by atoms with Crippen LogP contribution in [0.25, 0.3) is 0 Å². The number of carbonyl (C=O) groups is 1. The standard InChI is InChI=1S/C14H22N2OS/c1-11-6-5-7-12(10-11)18-9-4-3-8-14(2,16)13(15)17/h5-7,10H,3-4,8-9,16H2,1-2H3,(H2,15,17). The Morgan fingerprint density at radius 2 is 2.11 bits per heavy atom. The molecule has 1 unspecified atom stereocenters. The fourth-order valence-corrected chi connectivity index (χ4v) is 2.64. The first-order valence-electron chi connectivity index (χ1n) is 6.20. The maximum atomic E-state index is 11.0. The van der Waals surface area contributed by atoms with E-state index < -0.39 is 11.4 Å². The van der Waals surface area contributed by atoms with E-state index in [0.717, 1.165) is 18.6 Å². The van der Waals surface area contributed by atoms with Gasteiger partial charge in [-0.15, -0.1) is 11.8 Å². The van der Waals surface area contributed by atoms with E-state index in [1.54, 1.807) is 6.92 Å². The molecule has 0 heterocycles. The molecule has 0 spiro atoms. The summed E-state index contributed by atoms with van der Waals surface area (Å²) in [5, 5.41) is 0. The van der Waals surface area contributed by atoms with Gasteiger partial charge in [-0.1, -0.05) is 24.1 Å². The second-order valence-electron chi connectivity index (χ2n) is 4.90. The number of primary amides is 1. The average molecular weight is 266 g/mol. The molecule has 0 aliphatic heterocycles. The Kier molecular flexibility index (Phi) is 5.69. The van der Waals surface area contributed by atoms with Crippen molar-refractivity contribution >= 4 is 17.7 Å². The Morgan fingerprint density at radius 1 is 1.39 bits per heavy atom. The van der Waals surface area contributed by atoms with Gasteiger partial charge in [0.25, 0.3) is 0 Å². The average Bonchev–Trinajstić information content (AvgIpc) is 2.28. The second-order valence-corrected chi connectivity index (χ2v) is 6.07. The summed E-state index contributed by atoms with van der Waals surface area (Å²) in [5.74, 6) is 0.618.